The number of aromatic nitrogens is 1. The zero-order valence-electron chi connectivity index (χ0n) is 23.2. The van der Waals surface area contributed by atoms with Gasteiger partial charge in [-0.3, -0.25) is 9.69 Å². The molecule has 1 fully saturated rings. The number of amides is 1. The largest absolute Gasteiger partial charge is 0.375 e. The van der Waals surface area contributed by atoms with Gasteiger partial charge in [-0.1, -0.05) is 85.8 Å². The predicted octanol–water partition coefficient (Wildman–Crippen LogP) is 6.66. The number of nitrogens with zero attached hydrogens (tertiary/aromatic N) is 2. The molecule has 1 aromatic heterocycles. The van der Waals surface area contributed by atoms with Crippen molar-refractivity contribution in [3.05, 3.63) is 102 Å². The van der Waals surface area contributed by atoms with Gasteiger partial charge in [0, 0.05) is 29.1 Å². The van der Waals surface area contributed by atoms with Gasteiger partial charge in [0.25, 0.3) is 0 Å². The first-order valence-electron chi connectivity index (χ1n) is 14.4. The first-order chi connectivity index (χ1) is 19.7. The van der Waals surface area contributed by atoms with Crippen molar-refractivity contribution in [2.75, 3.05) is 26.4 Å². The van der Waals surface area contributed by atoms with Gasteiger partial charge in [-0.15, -0.1) is 0 Å². The molecule has 0 spiro atoms. The highest BCUT2D eigenvalue weighted by molar-refractivity contribution is 5.92. The number of halogens is 1. The fourth-order valence-electron chi connectivity index (χ4n) is 5.81. The average molecular weight is 540 g/mol. The quantitative estimate of drug-likeness (QED) is 0.219. The Hall–Kier alpha value is -3.61. The van der Waals surface area contributed by atoms with Gasteiger partial charge < -0.3 is 10.1 Å². The fourth-order valence-corrected chi connectivity index (χ4v) is 5.81. The highest BCUT2D eigenvalue weighted by Gasteiger charge is 2.25. The number of fused-ring (bicyclic) bond motifs is 1. The number of rotatable bonds is 12. The molecule has 2 atom stereocenters. The molecule has 1 N–H and O–H groups in total. The summed E-state index contributed by atoms with van der Waals surface area (Å²) in [5.41, 5.74) is 5.65. The second-order valence-electron chi connectivity index (χ2n) is 10.5. The summed E-state index contributed by atoms with van der Waals surface area (Å²) in [5, 5.41) is 4.22. The van der Waals surface area contributed by atoms with Gasteiger partial charge >= 0.3 is 0 Å². The van der Waals surface area contributed by atoms with E-state index in [0.717, 1.165) is 64.7 Å². The van der Waals surface area contributed by atoms with E-state index in [0.29, 0.717) is 19.8 Å². The summed E-state index contributed by atoms with van der Waals surface area (Å²) >= 11 is 0. The molecule has 0 bridgehead atoms. The molecule has 4 aromatic rings. The molecule has 6 heteroatoms. The Bertz CT molecular complexity index is 1400. The topological polar surface area (TPSA) is 54.5 Å². The minimum atomic E-state index is -0.343. The standard InChI is InChI=1S/C34H38FN3O2/c1-2-31(25-12-5-3-6-13-25)36-33(39)22-29-28-17-9-10-18-32(28)37-34(26-14-7-4-8-15-26)30(29)24-40-23-27-16-11-20-38(27)21-19-35/h3-10,12-15,17-18,27,31H,2,11,16,19-24H2,1H3,(H,36,39)/t27-,31-/m0/s1. The summed E-state index contributed by atoms with van der Waals surface area (Å²) in [5.74, 6) is -0.0303. The molecule has 5 rings (SSSR count). The van der Waals surface area contributed by atoms with E-state index in [1.807, 2.05) is 72.8 Å². The SMILES string of the molecule is CC[C@H](NC(=O)Cc1c(COC[C@@H]2CCCN2CCF)c(-c2ccccc2)nc2ccccc12)c1ccccc1. The lowest BCUT2D eigenvalue weighted by Gasteiger charge is -2.24. The fraction of sp³-hybridized carbons (Fsp3) is 0.353. The molecule has 1 aliphatic heterocycles. The van der Waals surface area contributed by atoms with Crippen molar-refractivity contribution < 1.29 is 13.9 Å². The minimum Gasteiger partial charge on any atom is -0.375 e. The molecule has 40 heavy (non-hydrogen) atoms. The van der Waals surface area contributed by atoms with Crippen LogP contribution < -0.4 is 5.32 Å². The van der Waals surface area contributed by atoms with Crippen molar-refractivity contribution in [1.82, 2.24) is 15.2 Å². The van der Waals surface area contributed by atoms with Crippen LogP contribution in [-0.4, -0.2) is 48.2 Å². The van der Waals surface area contributed by atoms with Crippen LogP contribution in [0.1, 0.15) is 48.9 Å². The van der Waals surface area contributed by atoms with Crippen molar-refractivity contribution in [2.24, 2.45) is 0 Å². The normalized spacial score (nSPS) is 16.3. The number of likely N-dealkylation sites (tertiary alicyclic amines) is 1. The van der Waals surface area contributed by atoms with E-state index >= 15 is 0 Å². The number of carbonyl (C=O) groups is 1. The maximum Gasteiger partial charge on any atom is 0.224 e. The number of alkyl halides is 1. The van der Waals surface area contributed by atoms with E-state index in [4.69, 9.17) is 9.72 Å². The number of pyridine rings is 1. The Labute approximate surface area is 236 Å². The first kappa shape index (κ1) is 27.9. The van der Waals surface area contributed by atoms with E-state index in [1.165, 1.54) is 0 Å². The second kappa shape index (κ2) is 13.6. The molecule has 5 nitrogen and oxygen atoms in total. The molecule has 2 heterocycles. The number of para-hydroxylation sites is 1. The summed E-state index contributed by atoms with van der Waals surface area (Å²) < 4.78 is 19.4. The maximum absolute atomic E-state index is 13.6. The van der Waals surface area contributed by atoms with Gasteiger partial charge in [0.2, 0.25) is 5.91 Å². The number of benzene rings is 3. The van der Waals surface area contributed by atoms with E-state index in [9.17, 15) is 9.18 Å². The molecule has 0 saturated carbocycles. The lowest BCUT2D eigenvalue weighted by atomic mass is 9.94. The van der Waals surface area contributed by atoms with Gasteiger partial charge in [-0.2, -0.15) is 0 Å². The average Bonchev–Trinajstić information content (AvgIpc) is 3.44. The molecule has 208 valence electrons. The van der Waals surface area contributed by atoms with Crippen LogP contribution in [0.4, 0.5) is 4.39 Å². The summed E-state index contributed by atoms with van der Waals surface area (Å²) in [6, 6.07) is 28.4. The zero-order valence-corrected chi connectivity index (χ0v) is 23.2. The van der Waals surface area contributed by atoms with Gasteiger partial charge in [0.15, 0.2) is 0 Å². The van der Waals surface area contributed by atoms with E-state index in [2.05, 4.69) is 29.3 Å². The van der Waals surface area contributed by atoms with Crippen molar-refractivity contribution >= 4 is 16.8 Å². The third-order valence-electron chi connectivity index (χ3n) is 7.87. The molecule has 0 unspecified atom stereocenters. The smallest absolute Gasteiger partial charge is 0.224 e. The molecule has 3 aromatic carbocycles. The zero-order chi connectivity index (χ0) is 27.7. The van der Waals surface area contributed by atoms with Crippen molar-refractivity contribution in [3.8, 4) is 11.3 Å². The highest BCUT2D eigenvalue weighted by atomic mass is 19.1. The molecule has 0 radical (unpaired) electrons. The summed E-state index contributed by atoms with van der Waals surface area (Å²) in [4.78, 5) is 20.8. The molecule has 1 aliphatic rings. The number of nitrogens with one attached hydrogen (secondary N) is 1. The summed E-state index contributed by atoms with van der Waals surface area (Å²) in [6.45, 7) is 3.97. The van der Waals surface area contributed by atoms with Gasteiger partial charge in [0.1, 0.15) is 6.67 Å². The highest BCUT2D eigenvalue weighted by Crippen LogP contribution is 2.32. The first-order valence-corrected chi connectivity index (χ1v) is 14.4. The van der Waals surface area contributed by atoms with Gasteiger partial charge in [-0.25, -0.2) is 9.37 Å². The number of carbonyl (C=O) groups excluding carboxylic acids is 1. The Morgan fingerprint density at radius 1 is 1.02 bits per heavy atom. The molecule has 0 aliphatic carbocycles. The minimum absolute atomic E-state index is 0.0303. The number of hydrogen-bond donors (Lipinski definition) is 1. The van der Waals surface area contributed by atoms with E-state index < -0.39 is 0 Å². The Morgan fingerprint density at radius 3 is 2.50 bits per heavy atom. The lowest BCUT2D eigenvalue weighted by molar-refractivity contribution is -0.121. The molecular formula is C34H38FN3O2. The van der Waals surface area contributed by atoms with Crippen LogP contribution in [0.3, 0.4) is 0 Å². The predicted molar refractivity (Wildman–Crippen MR) is 159 cm³/mol. The Kier molecular flexibility index (Phi) is 9.53. The number of hydrogen-bond acceptors (Lipinski definition) is 4. The Balaban J connectivity index is 1.47. The third-order valence-corrected chi connectivity index (χ3v) is 7.87. The van der Waals surface area contributed by atoms with Crippen LogP contribution in [0.5, 0.6) is 0 Å². The van der Waals surface area contributed by atoms with E-state index in [-0.39, 0.29) is 31.1 Å². The van der Waals surface area contributed by atoms with Crippen molar-refractivity contribution in [1.29, 1.82) is 0 Å². The molecular weight excluding hydrogens is 501 g/mol. The second-order valence-corrected chi connectivity index (χ2v) is 10.5. The molecule has 1 saturated heterocycles. The van der Waals surface area contributed by atoms with Gasteiger partial charge in [0.05, 0.1) is 36.9 Å². The van der Waals surface area contributed by atoms with Crippen LogP contribution in [0.15, 0.2) is 84.9 Å². The summed E-state index contributed by atoms with van der Waals surface area (Å²) in [7, 11) is 0. The Morgan fingerprint density at radius 2 is 1.75 bits per heavy atom. The van der Waals surface area contributed by atoms with Crippen molar-refractivity contribution in [2.45, 2.75) is 51.3 Å². The number of ether oxygens (including phenoxy) is 1. The maximum atomic E-state index is 13.6. The summed E-state index contributed by atoms with van der Waals surface area (Å²) in [6.07, 6.45) is 3.10. The molecule has 1 amide bonds. The van der Waals surface area contributed by atoms with Crippen LogP contribution in [-0.2, 0) is 22.6 Å². The third kappa shape index (κ3) is 6.57. The lowest BCUT2D eigenvalue weighted by Crippen LogP contribution is -2.34. The van der Waals surface area contributed by atoms with Crippen LogP contribution >= 0.6 is 0 Å². The van der Waals surface area contributed by atoms with Crippen LogP contribution in [0.2, 0.25) is 0 Å². The van der Waals surface area contributed by atoms with Gasteiger partial charge in [-0.05, 0) is 43.0 Å². The van der Waals surface area contributed by atoms with Crippen LogP contribution in [0.25, 0.3) is 22.2 Å². The van der Waals surface area contributed by atoms with Crippen LogP contribution in [0, 0.1) is 0 Å². The van der Waals surface area contributed by atoms with E-state index in [1.54, 1.807) is 0 Å². The monoisotopic (exact) mass is 539 g/mol. The van der Waals surface area contributed by atoms with Crippen molar-refractivity contribution in [3.63, 3.8) is 0 Å².